The van der Waals surface area contributed by atoms with Crippen LogP contribution < -0.4 is 11.1 Å². The Balaban J connectivity index is 3.40. The first-order chi connectivity index (χ1) is 5.52. The van der Waals surface area contributed by atoms with Crippen molar-refractivity contribution in [1.82, 2.24) is 5.32 Å². The smallest absolute Gasteiger partial charge is 0.407 e. The Kier molecular flexibility index (Phi) is 4.83. The van der Waals surface area contributed by atoms with Gasteiger partial charge in [0.2, 0.25) is 0 Å². The predicted molar refractivity (Wildman–Crippen MR) is 46.1 cm³/mol. The van der Waals surface area contributed by atoms with Crippen molar-refractivity contribution >= 4 is 11.9 Å². The van der Waals surface area contributed by atoms with Gasteiger partial charge in [-0.1, -0.05) is 13.8 Å². The zero-order valence-corrected chi connectivity index (χ0v) is 7.39. The molecule has 0 rings (SSSR count). The Morgan fingerprint density at radius 3 is 2.67 bits per heavy atom. The predicted octanol–water partition coefficient (Wildman–Crippen LogP) is 0.305. The maximum absolute atomic E-state index is 10.8. The van der Waals surface area contributed by atoms with Crippen molar-refractivity contribution in [3.05, 3.63) is 0 Å². The number of hydrogen-bond donors (Lipinski definition) is 3. The van der Waals surface area contributed by atoms with Crippen molar-refractivity contribution in [1.29, 1.82) is 5.41 Å². The molecule has 0 aliphatic carbocycles. The summed E-state index contributed by atoms with van der Waals surface area (Å²) >= 11 is 0. The molecule has 12 heavy (non-hydrogen) atoms. The fraction of sp³-hybridized carbons (Fsp3) is 0.714. The molecule has 0 aliphatic rings. The van der Waals surface area contributed by atoms with Gasteiger partial charge in [0.1, 0.15) is 5.84 Å². The largest absolute Gasteiger partial charge is 0.449 e. The van der Waals surface area contributed by atoms with Crippen LogP contribution in [0.1, 0.15) is 13.8 Å². The van der Waals surface area contributed by atoms with Crippen LogP contribution in [0.5, 0.6) is 0 Å². The van der Waals surface area contributed by atoms with Crippen molar-refractivity contribution in [2.75, 3.05) is 13.2 Å². The summed E-state index contributed by atoms with van der Waals surface area (Å²) in [6.45, 7) is 4.30. The molecule has 70 valence electrons. The summed E-state index contributed by atoms with van der Waals surface area (Å²) in [7, 11) is 0. The second kappa shape index (κ2) is 5.40. The van der Waals surface area contributed by atoms with E-state index in [-0.39, 0.29) is 12.4 Å². The minimum absolute atomic E-state index is 0.0386. The van der Waals surface area contributed by atoms with Gasteiger partial charge < -0.3 is 15.8 Å². The van der Waals surface area contributed by atoms with Gasteiger partial charge in [0, 0.05) is 0 Å². The average Bonchev–Trinajstić information content (AvgIpc) is 1.96. The molecule has 0 heterocycles. The lowest BCUT2D eigenvalue weighted by molar-refractivity contribution is 0.134. The number of amides is 1. The van der Waals surface area contributed by atoms with Crippen molar-refractivity contribution in [3.63, 3.8) is 0 Å². The van der Waals surface area contributed by atoms with Crippen molar-refractivity contribution < 1.29 is 9.53 Å². The van der Waals surface area contributed by atoms with Gasteiger partial charge in [-0.05, 0) is 5.92 Å². The summed E-state index contributed by atoms with van der Waals surface area (Å²) in [4.78, 5) is 10.8. The fourth-order valence-corrected chi connectivity index (χ4v) is 0.461. The molecule has 0 aliphatic heterocycles. The standard InChI is InChI=1S/C7H15N3O2/c1-5(2)4-12-7(11)10-3-6(8)9/h5H,3-4H2,1-2H3,(H3,8,9)(H,10,11). The topological polar surface area (TPSA) is 88.2 Å². The van der Waals surface area contributed by atoms with E-state index in [1.54, 1.807) is 0 Å². The summed E-state index contributed by atoms with van der Waals surface area (Å²) in [6, 6.07) is 0. The van der Waals surface area contributed by atoms with E-state index in [1.807, 2.05) is 13.8 Å². The normalized spacial score (nSPS) is 9.58. The minimum Gasteiger partial charge on any atom is -0.449 e. The molecule has 5 heteroatoms. The van der Waals surface area contributed by atoms with Gasteiger partial charge in [-0.3, -0.25) is 5.41 Å². The first kappa shape index (κ1) is 10.7. The van der Waals surface area contributed by atoms with Gasteiger partial charge >= 0.3 is 6.09 Å². The summed E-state index contributed by atoms with van der Waals surface area (Å²) in [6.07, 6.45) is -0.529. The van der Waals surface area contributed by atoms with Crippen LogP contribution in [0.25, 0.3) is 0 Å². The molecule has 0 aromatic heterocycles. The highest BCUT2D eigenvalue weighted by molar-refractivity contribution is 5.82. The highest BCUT2D eigenvalue weighted by Gasteiger charge is 2.02. The molecule has 0 unspecified atom stereocenters. The Morgan fingerprint density at radius 2 is 2.25 bits per heavy atom. The third kappa shape index (κ3) is 6.85. The van der Waals surface area contributed by atoms with Crippen LogP contribution in [0.3, 0.4) is 0 Å². The highest BCUT2D eigenvalue weighted by Crippen LogP contribution is 1.91. The second-order valence-corrected chi connectivity index (χ2v) is 2.87. The van der Waals surface area contributed by atoms with Crippen LogP contribution in [0.15, 0.2) is 0 Å². The number of rotatable bonds is 4. The zero-order valence-electron chi connectivity index (χ0n) is 7.39. The fourth-order valence-electron chi connectivity index (χ4n) is 0.461. The molecule has 1 amide bonds. The SMILES string of the molecule is CC(C)COC(=O)NCC(=N)N. The van der Waals surface area contributed by atoms with Crippen LogP contribution in [-0.2, 0) is 4.74 Å². The van der Waals surface area contributed by atoms with Crippen LogP contribution in [0.4, 0.5) is 4.79 Å². The molecule has 4 N–H and O–H groups in total. The van der Waals surface area contributed by atoms with Gasteiger partial charge in [-0.25, -0.2) is 4.79 Å². The number of carbonyl (C=O) groups excluding carboxylic acids is 1. The van der Waals surface area contributed by atoms with Crippen molar-refractivity contribution in [2.45, 2.75) is 13.8 Å². The molecule has 5 nitrogen and oxygen atoms in total. The first-order valence-electron chi connectivity index (χ1n) is 3.76. The molecule has 0 fully saturated rings. The molecule has 0 bridgehead atoms. The maximum Gasteiger partial charge on any atom is 0.407 e. The number of nitrogens with one attached hydrogen (secondary N) is 2. The summed E-state index contributed by atoms with van der Waals surface area (Å²) in [5.74, 6) is 0.226. The first-order valence-corrected chi connectivity index (χ1v) is 3.76. The van der Waals surface area contributed by atoms with E-state index in [0.717, 1.165) is 0 Å². The van der Waals surface area contributed by atoms with Gasteiger partial charge in [0.05, 0.1) is 13.2 Å². The third-order valence-corrected chi connectivity index (χ3v) is 0.971. The Hall–Kier alpha value is -1.26. The monoisotopic (exact) mass is 173 g/mol. The number of alkyl carbamates (subject to hydrolysis) is 1. The molecule has 0 saturated heterocycles. The number of hydrogen-bond acceptors (Lipinski definition) is 3. The molecule has 0 atom stereocenters. The van der Waals surface area contributed by atoms with E-state index in [0.29, 0.717) is 12.5 Å². The summed E-state index contributed by atoms with van der Waals surface area (Å²) in [5, 5.41) is 9.14. The van der Waals surface area contributed by atoms with E-state index >= 15 is 0 Å². The number of nitrogens with two attached hydrogens (primary N) is 1. The maximum atomic E-state index is 10.8. The van der Waals surface area contributed by atoms with Gasteiger partial charge in [-0.15, -0.1) is 0 Å². The van der Waals surface area contributed by atoms with E-state index in [9.17, 15) is 4.79 Å². The summed E-state index contributed by atoms with van der Waals surface area (Å²) < 4.78 is 4.75. The van der Waals surface area contributed by atoms with E-state index < -0.39 is 6.09 Å². The molecular formula is C7H15N3O2. The molecule has 0 spiro atoms. The zero-order chi connectivity index (χ0) is 9.56. The lowest BCUT2D eigenvalue weighted by Crippen LogP contribution is -2.33. The number of amidine groups is 1. The van der Waals surface area contributed by atoms with Gasteiger partial charge in [0.25, 0.3) is 0 Å². The molecular weight excluding hydrogens is 158 g/mol. The van der Waals surface area contributed by atoms with Crippen LogP contribution in [0, 0.1) is 11.3 Å². The lowest BCUT2D eigenvalue weighted by atomic mass is 10.2. The van der Waals surface area contributed by atoms with Crippen molar-refractivity contribution in [2.24, 2.45) is 11.7 Å². The van der Waals surface area contributed by atoms with E-state index in [2.05, 4.69) is 5.32 Å². The highest BCUT2D eigenvalue weighted by atomic mass is 16.5. The molecule has 0 saturated carbocycles. The third-order valence-electron chi connectivity index (χ3n) is 0.971. The Bertz CT molecular complexity index is 168. The van der Waals surface area contributed by atoms with Gasteiger partial charge in [0.15, 0.2) is 0 Å². The van der Waals surface area contributed by atoms with Crippen molar-refractivity contribution in [3.8, 4) is 0 Å². The van der Waals surface area contributed by atoms with E-state index in [4.69, 9.17) is 15.9 Å². The van der Waals surface area contributed by atoms with E-state index in [1.165, 1.54) is 0 Å². The lowest BCUT2D eigenvalue weighted by Gasteiger charge is -2.07. The second-order valence-electron chi connectivity index (χ2n) is 2.87. The molecule has 0 radical (unpaired) electrons. The van der Waals surface area contributed by atoms with Crippen LogP contribution >= 0.6 is 0 Å². The van der Waals surface area contributed by atoms with Crippen LogP contribution in [0.2, 0.25) is 0 Å². The molecule has 0 aromatic rings. The minimum atomic E-state index is -0.529. The quantitative estimate of drug-likeness (QED) is 0.422. The Morgan fingerprint density at radius 1 is 1.67 bits per heavy atom. The van der Waals surface area contributed by atoms with Gasteiger partial charge in [-0.2, -0.15) is 0 Å². The average molecular weight is 173 g/mol. The Labute approximate surface area is 71.8 Å². The summed E-state index contributed by atoms with van der Waals surface area (Å²) in [5.41, 5.74) is 5.01. The van der Waals surface area contributed by atoms with Crippen LogP contribution in [-0.4, -0.2) is 25.1 Å². The molecule has 0 aromatic carbocycles. The number of carbonyl (C=O) groups is 1. The number of ether oxygens (including phenoxy) is 1.